The number of hydrogen-bond acceptors (Lipinski definition) is 21. The summed E-state index contributed by atoms with van der Waals surface area (Å²) in [4.78, 5) is 27.2. The molecule has 2 aromatic rings. The van der Waals surface area contributed by atoms with Crippen molar-refractivity contribution in [1.82, 2.24) is 0 Å². The lowest BCUT2D eigenvalue weighted by Crippen LogP contribution is -2.18. The van der Waals surface area contributed by atoms with Crippen molar-refractivity contribution in [2.45, 2.75) is 52.4 Å². The van der Waals surface area contributed by atoms with Crippen molar-refractivity contribution in [3.8, 4) is 45.6 Å². The number of benzene rings is 2. The van der Waals surface area contributed by atoms with E-state index >= 15 is 0 Å². The first-order valence-electron chi connectivity index (χ1n) is 19.6. The largest absolute Gasteiger partial charge is 0.492 e. The Hall–Kier alpha value is -4.16. The average Bonchev–Trinajstić information content (AvgIpc) is 3.18. The first-order valence-corrected chi connectivity index (χ1v) is 29.3. The predicted octanol–water partition coefficient (Wildman–Crippen LogP) is 1.51. The van der Waals surface area contributed by atoms with Gasteiger partial charge in [0.1, 0.15) is 40.1 Å². The molecule has 0 saturated carbocycles. The summed E-state index contributed by atoms with van der Waals surface area (Å²) in [7, 11) is -26.8. The van der Waals surface area contributed by atoms with Crippen molar-refractivity contribution < 1.29 is 121 Å². The highest BCUT2D eigenvalue weighted by atomic mass is 32.2. The fraction of sp³-hybridized carbons (Fsp3) is 0.600. The zero-order chi connectivity index (χ0) is 51.9. The third-order valence-corrected chi connectivity index (χ3v) is 13.6. The summed E-state index contributed by atoms with van der Waals surface area (Å²) in [5.41, 5.74) is -2.79. The van der Waals surface area contributed by atoms with Crippen molar-refractivity contribution in [2.75, 3.05) is 81.3 Å². The SMILES string of the molecule is COC(=O)c1c(OCCCS(=O)(=O)O)c(C)c(OCCCS(=O)(=O)O)c(-c2c(OCCCS(=O)(=O)O)c(C)c(OCCCS(=O)(=O)O)c(C=O)c2OCCCS(=O)(=O)O)c1OCCCS(=O)(=O)O. The molecule has 0 unspecified atom stereocenters. The van der Waals surface area contributed by atoms with Gasteiger partial charge in [-0.1, -0.05) is 0 Å². The number of esters is 1. The summed E-state index contributed by atoms with van der Waals surface area (Å²) in [5, 5.41) is 0. The number of ether oxygens (including phenoxy) is 7. The van der Waals surface area contributed by atoms with Crippen LogP contribution in [0.3, 0.4) is 0 Å². The molecule has 6 N–H and O–H groups in total. The molecule has 0 saturated heterocycles. The minimum Gasteiger partial charge on any atom is -0.492 e. The number of hydrogen-bond donors (Lipinski definition) is 6. The zero-order valence-corrected chi connectivity index (χ0v) is 41.4. The molecular weight excluding hydrogens is 1040 g/mol. The Balaban J connectivity index is 3.44. The lowest BCUT2D eigenvalue weighted by atomic mass is 9.90. The molecule has 0 aliphatic heterocycles. The van der Waals surface area contributed by atoms with Crippen LogP contribution in [0.2, 0.25) is 0 Å². The minimum absolute atomic E-state index is 0.134. The van der Waals surface area contributed by atoms with Crippen LogP contribution in [0.15, 0.2) is 0 Å². The van der Waals surface area contributed by atoms with Gasteiger partial charge in [0.2, 0.25) is 0 Å². The van der Waals surface area contributed by atoms with Crippen LogP contribution in [0.1, 0.15) is 70.4 Å². The molecule has 0 bridgehead atoms. The highest BCUT2D eigenvalue weighted by Crippen LogP contribution is 2.57. The van der Waals surface area contributed by atoms with Gasteiger partial charge in [0, 0.05) is 11.1 Å². The maximum Gasteiger partial charge on any atom is 0.345 e. The van der Waals surface area contributed by atoms with Gasteiger partial charge in [0.15, 0.2) is 6.29 Å². The fourth-order valence-electron chi connectivity index (χ4n) is 6.01. The number of rotatable bonds is 33. The molecule has 0 fully saturated rings. The molecule has 0 spiro atoms. The summed E-state index contributed by atoms with van der Waals surface area (Å²) < 4.78 is 237. The van der Waals surface area contributed by atoms with Crippen molar-refractivity contribution in [3.05, 3.63) is 22.3 Å². The molecule has 0 aliphatic rings. The van der Waals surface area contributed by atoms with Crippen molar-refractivity contribution in [1.29, 1.82) is 0 Å². The number of methoxy groups -OCH3 is 1. The van der Waals surface area contributed by atoms with Crippen molar-refractivity contribution >= 4 is 73.0 Å². The van der Waals surface area contributed by atoms with E-state index in [-0.39, 0.29) is 17.4 Å². The first kappa shape index (κ1) is 60.0. The van der Waals surface area contributed by atoms with Gasteiger partial charge in [-0.25, -0.2) is 4.79 Å². The highest BCUT2D eigenvalue weighted by molar-refractivity contribution is 7.86. The van der Waals surface area contributed by atoms with Gasteiger partial charge >= 0.3 is 5.97 Å². The molecule has 2 rings (SSSR count). The second-order valence-electron chi connectivity index (χ2n) is 14.3. The molecule has 2 aromatic carbocycles. The Morgan fingerprint density at radius 3 is 0.956 bits per heavy atom. The number of aldehydes is 1. The molecule has 0 amide bonds. The number of carbonyl (C=O) groups is 2. The van der Waals surface area contributed by atoms with E-state index in [1.807, 2.05) is 0 Å². The van der Waals surface area contributed by atoms with Crippen LogP contribution < -0.4 is 28.4 Å². The van der Waals surface area contributed by atoms with Crippen molar-refractivity contribution in [3.63, 3.8) is 0 Å². The molecule has 68 heavy (non-hydrogen) atoms. The van der Waals surface area contributed by atoms with Crippen LogP contribution in [0.5, 0.6) is 34.5 Å². The molecule has 0 heterocycles. The lowest BCUT2D eigenvalue weighted by Gasteiger charge is -2.28. The van der Waals surface area contributed by atoms with E-state index in [9.17, 15) is 87.4 Å². The van der Waals surface area contributed by atoms with Crippen LogP contribution in [0.25, 0.3) is 11.1 Å². The summed E-state index contributed by atoms with van der Waals surface area (Å²) in [6.07, 6.45) is -2.68. The van der Waals surface area contributed by atoms with Crippen LogP contribution in [0.4, 0.5) is 0 Å². The maximum atomic E-state index is 13.9. The summed E-state index contributed by atoms with van der Waals surface area (Å²) in [5.74, 6) is -10.00. The smallest absolute Gasteiger partial charge is 0.345 e. The minimum atomic E-state index is -4.67. The quantitative estimate of drug-likeness (QED) is 0.0255. The van der Waals surface area contributed by atoms with Crippen LogP contribution in [0, 0.1) is 13.8 Å². The fourth-order valence-corrected chi connectivity index (χ4v) is 8.90. The zero-order valence-electron chi connectivity index (χ0n) is 36.5. The average molecular weight is 1100 g/mol. The Morgan fingerprint density at radius 1 is 0.412 bits per heavy atom. The normalized spacial score (nSPS) is 12.6. The van der Waals surface area contributed by atoms with E-state index in [4.69, 9.17) is 33.2 Å². The third kappa shape index (κ3) is 21.2. The molecule has 390 valence electrons. The standard InChI is InChI=1S/C35H52O27S6/c1-23-29(57-10-4-16-63(38,39)40)25(22-36)33(61-14-8-20-67(50,51)52)26(30(23)58-11-5-17-64(41,42)43)27-31(59-12-6-18-65(44,45)46)24(2)32(60-13-7-19-66(47,48)49)28(35(37)56-3)34(27)62-15-9-21-68(53,54)55/h22H,4-21H2,1-3H3,(H,38,39,40)(H,41,42,43)(H,44,45,46)(H,47,48,49)(H,50,51,52)(H,53,54,55). The number of carbonyl (C=O) groups excluding carboxylic acids is 2. The molecule has 0 radical (unpaired) electrons. The Bertz CT molecular complexity index is 2790. The molecule has 0 atom stereocenters. The van der Waals surface area contributed by atoms with Gasteiger partial charge in [0.25, 0.3) is 60.7 Å². The predicted molar refractivity (Wildman–Crippen MR) is 237 cm³/mol. The molecule has 33 heteroatoms. The lowest BCUT2D eigenvalue weighted by molar-refractivity contribution is 0.0590. The van der Waals surface area contributed by atoms with E-state index < -0.39 is 236 Å². The van der Waals surface area contributed by atoms with Crippen LogP contribution in [-0.2, 0) is 65.4 Å². The second-order valence-corrected chi connectivity index (χ2v) is 23.7. The maximum absolute atomic E-state index is 13.9. The monoisotopic (exact) mass is 1100 g/mol. The van der Waals surface area contributed by atoms with E-state index in [1.54, 1.807) is 0 Å². The first-order chi connectivity index (χ1) is 31.2. The summed E-state index contributed by atoms with van der Waals surface area (Å²) in [6, 6.07) is 0. The van der Waals surface area contributed by atoms with E-state index in [2.05, 4.69) is 0 Å². The Morgan fingerprint density at radius 2 is 0.662 bits per heavy atom. The third-order valence-electron chi connectivity index (χ3n) is 8.73. The van der Waals surface area contributed by atoms with Gasteiger partial charge in [-0.15, -0.1) is 0 Å². The van der Waals surface area contributed by atoms with E-state index in [1.165, 1.54) is 13.8 Å². The van der Waals surface area contributed by atoms with Gasteiger partial charge < -0.3 is 33.2 Å². The topological polar surface area (TPSA) is 425 Å². The van der Waals surface area contributed by atoms with Crippen LogP contribution in [-0.4, -0.2) is 171 Å². The van der Waals surface area contributed by atoms with Gasteiger partial charge in [0.05, 0.1) is 98.0 Å². The van der Waals surface area contributed by atoms with E-state index in [0.717, 1.165) is 7.11 Å². The van der Waals surface area contributed by atoms with Gasteiger partial charge in [-0.3, -0.25) is 32.1 Å². The van der Waals surface area contributed by atoms with E-state index in [0.29, 0.717) is 0 Å². The summed E-state index contributed by atoms with van der Waals surface area (Å²) in [6.45, 7) is -1.36. The Kier molecular flexibility index (Phi) is 22.6. The Labute approximate surface area is 393 Å². The second kappa shape index (κ2) is 25.6. The highest BCUT2D eigenvalue weighted by Gasteiger charge is 2.37. The molecule has 0 aromatic heterocycles. The summed E-state index contributed by atoms with van der Waals surface area (Å²) >= 11 is 0. The molecular formula is C35H52O27S6. The van der Waals surface area contributed by atoms with Gasteiger partial charge in [-0.2, -0.15) is 50.5 Å². The van der Waals surface area contributed by atoms with Crippen LogP contribution >= 0.6 is 0 Å². The molecule has 27 nitrogen and oxygen atoms in total. The van der Waals surface area contributed by atoms with Gasteiger partial charge in [-0.05, 0) is 52.4 Å². The molecule has 0 aliphatic carbocycles. The van der Waals surface area contributed by atoms with Crippen molar-refractivity contribution in [2.24, 2.45) is 0 Å².